The van der Waals surface area contributed by atoms with Gasteiger partial charge in [-0.05, 0) is 51.1 Å². The lowest BCUT2D eigenvalue weighted by Gasteiger charge is -2.39. The first-order chi connectivity index (χ1) is 7.90. The van der Waals surface area contributed by atoms with Crippen molar-refractivity contribution in [2.24, 2.45) is 11.8 Å². The second kappa shape index (κ2) is 6.58. The van der Waals surface area contributed by atoms with Crippen LogP contribution >= 0.6 is 0 Å². The lowest BCUT2D eigenvalue weighted by atomic mass is 9.89. The van der Waals surface area contributed by atoms with Crippen LogP contribution in [-0.2, 0) is 4.84 Å². The SMILES string of the molecule is NOCCC1CCN(C2CCCCC2)CC1. The zero-order valence-corrected chi connectivity index (χ0v) is 10.4. The molecule has 3 nitrogen and oxygen atoms in total. The summed E-state index contributed by atoms with van der Waals surface area (Å²) >= 11 is 0. The molecule has 94 valence electrons. The number of rotatable bonds is 4. The number of hydrogen-bond donors (Lipinski definition) is 1. The Morgan fingerprint density at radius 3 is 2.31 bits per heavy atom. The largest absolute Gasteiger partial charge is 0.305 e. The molecule has 0 bridgehead atoms. The van der Waals surface area contributed by atoms with Crippen molar-refractivity contribution in [1.29, 1.82) is 0 Å². The molecule has 1 aliphatic heterocycles. The third kappa shape index (κ3) is 3.44. The molecule has 0 atom stereocenters. The molecular weight excluding hydrogens is 200 g/mol. The topological polar surface area (TPSA) is 38.5 Å². The summed E-state index contributed by atoms with van der Waals surface area (Å²) in [5, 5.41) is 0. The van der Waals surface area contributed by atoms with Crippen LogP contribution in [0.4, 0.5) is 0 Å². The number of nitrogens with zero attached hydrogens (tertiary/aromatic N) is 1. The molecule has 0 amide bonds. The molecule has 2 N–H and O–H groups in total. The van der Waals surface area contributed by atoms with Crippen molar-refractivity contribution in [3.63, 3.8) is 0 Å². The molecule has 0 aromatic rings. The molecule has 2 aliphatic rings. The van der Waals surface area contributed by atoms with E-state index in [2.05, 4.69) is 9.74 Å². The fourth-order valence-electron chi connectivity index (χ4n) is 3.29. The van der Waals surface area contributed by atoms with Crippen LogP contribution in [0.2, 0.25) is 0 Å². The summed E-state index contributed by atoms with van der Waals surface area (Å²) in [6.07, 6.45) is 11.1. The molecule has 1 saturated carbocycles. The van der Waals surface area contributed by atoms with Gasteiger partial charge in [-0.25, -0.2) is 5.90 Å². The Morgan fingerprint density at radius 1 is 1.00 bits per heavy atom. The summed E-state index contributed by atoms with van der Waals surface area (Å²) in [7, 11) is 0. The highest BCUT2D eigenvalue weighted by Gasteiger charge is 2.25. The molecule has 2 fully saturated rings. The van der Waals surface area contributed by atoms with E-state index in [0.29, 0.717) is 0 Å². The van der Waals surface area contributed by atoms with Crippen molar-refractivity contribution in [2.45, 2.75) is 57.4 Å². The zero-order valence-electron chi connectivity index (χ0n) is 10.4. The van der Waals surface area contributed by atoms with E-state index in [0.717, 1.165) is 25.0 Å². The summed E-state index contributed by atoms with van der Waals surface area (Å²) in [6.45, 7) is 3.34. The van der Waals surface area contributed by atoms with Crippen LogP contribution in [0.25, 0.3) is 0 Å². The molecule has 0 aromatic carbocycles. The maximum atomic E-state index is 5.08. The van der Waals surface area contributed by atoms with Crippen LogP contribution < -0.4 is 5.90 Å². The van der Waals surface area contributed by atoms with Gasteiger partial charge >= 0.3 is 0 Å². The number of hydrogen-bond acceptors (Lipinski definition) is 3. The highest BCUT2D eigenvalue weighted by Crippen LogP contribution is 2.28. The number of nitrogens with two attached hydrogens (primary N) is 1. The van der Waals surface area contributed by atoms with Gasteiger partial charge in [0.15, 0.2) is 0 Å². The minimum Gasteiger partial charge on any atom is -0.305 e. The van der Waals surface area contributed by atoms with Gasteiger partial charge in [-0.3, -0.25) is 0 Å². The smallest absolute Gasteiger partial charge is 0.0681 e. The average Bonchev–Trinajstić information content (AvgIpc) is 2.38. The van der Waals surface area contributed by atoms with Crippen LogP contribution in [-0.4, -0.2) is 30.6 Å². The molecule has 2 rings (SSSR count). The Balaban J connectivity index is 1.67. The van der Waals surface area contributed by atoms with Gasteiger partial charge in [-0.1, -0.05) is 19.3 Å². The van der Waals surface area contributed by atoms with E-state index in [-0.39, 0.29) is 0 Å². The van der Waals surface area contributed by atoms with E-state index < -0.39 is 0 Å². The summed E-state index contributed by atoms with van der Waals surface area (Å²) in [5.74, 6) is 5.93. The van der Waals surface area contributed by atoms with E-state index in [1.165, 1.54) is 58.0 Å². The predicted octanol–water partition coefficient (Wildman–Crippen LogP) is 2.31. The third-order valence-corrected chi connectivity index (χ3v) is 4.38. The maximum absolute atomic E-state index is 5.08. The van der Waals surface area contributed by atoms with E-state index in [9.17, 15) is 0 Å². The molecule has 3 heteroatoms. The van der Waals surface area contributed by atoms with E-state index in [4.69, 9.17) is 5.90 Å². The lowest BCUT2D eigenvalue weighted by molar-refractivity contribution is 0.0792. The van der Waals surface area contributed by atoms with Gasteiger partial charge in [-0.2, -0.15) is 0 Å². The average molecular weight is 226 g/mol. The minimum absolute atomic E-state index is 0.730. The van der Waals surface area contributed by atoms with Crippen molar-refractivity contribution >= 4 is 0 Å². The summed E-state index contributed by atoms with van der Waals surface area (Å²) in [6, 6.07) is 0.903. The molecular formula is C13H26N2O. The Morgan fingerprint density at radius 2 is 1.69 bits per heavy atom. The minimum atomic E-state index is 0.730. The van der Waals surface area contributed by atoms with Gasteiger partial charge in [0.1, 0.15) is 0 Å². The molecule has 0 radical (unpaired) electrons. The van der Waals surface area contributed by atoms with Crippen molar-refractivity contribution in [3.05, 3.63) is 0 Å². The Hall–Kier alpha value is -0.120. The second-order valence-electron chi connectivity index (χ2n) is 5.43. The molecule has 16 heavy (non-hydrogen) atoms. The Labute approximate surface area is 99.3 Å². The van der Waals surface area contributed by atoms with Crippen molar-refractivity contribution in [3.8, 4) is 0 Å². The summed E-state index contributed by atoms with van der Waals surface area (Å²) < 4.78 is 0. The van der Waals surface area contributed by atoms with Crippen molar-refractivity contribution in [2.75, 3.05) is 19.7 Å². The summed E-state index contributed by atoms with van der Waals surface area (Å²) in [5.41, 5.74) is 0. The van der Waals surface area contributed by atoms with Crippen molar-refractivity contribution in [1.82, 2.24) is 4.90 Å². The van der Waals surface area contributed by atoms with E-state index >= 15 is 0 Å². The van der Waals surface area contributed by atoms with E-state index in [1.54, 1.807) is 0 Å². The second-order valence-corrected chi connectivity index (χ2v) is 5.43. The third-order valence-electron chi connectivity index (χ3n) is 4.38. The first-order valence-electron chi connectivity index (χ1n) is 6.96. The molecule has 0 unspecified atom stereocenters. The Bertz CT molecular complexity index is 184. The first-order valence-corrected chi connectivity index (χ1v) is 6.96. The van der Waals surface area contributed by atoms with Gasteiger partial charge in [0.25, 0.3) is 0 Å². The number of likely N-dealkylation sites (tertiary alicyclic amines) is 1. The van der Waals surface area contributed by atoms with Crippen LogP contribution in [0.5, 0.6) is 0 Å². The molecule has 1 aliphatic carbocycles. The highest BCUT2D eigenvalue weighted by molar-refractivity contribution is 4.80. The number of piperidine rings is 1. The standard InChI is InChI=1S/C13H26N2O/c14-16-11-8-12-6-9-15(10-7-12)13-4-2-1-3-5-13/h12-13H,1-11,14H2. The van der Waals surface area contributed by atoms with E-state index in [1.807, 2.05) is 0 Å². The molecule has 1 saturated heterocycles. The van der Waals surface area contributed by atoms with Gasteiger partial charge in [0, 0.05) is 6.04 Å². The predicted molar refractivity (Wildman–Crippen MR) is 65.9 cm³/mol. The van der Waals surface area contributed by atoms with Gasteiger partial charge in [0.2, 0.25) is 0 Å². The van der Waals surface area contributed by atoms with Gasteiger partial charge in [-0.15, -0.1) is 0 Å². The molecule has 0 aromatic heterocycles. The van der Waals surface area contributed by atoms with Crippen LogP contribution in [0.1, 0.15) is 51.4 Å². The van der Waals surface area contributed by atoms with Crippen LogP contribution in [0.15, 0.2) is 0 Å². The van der Waals surface area contributed by atoms with Gasteiger partial charge in [0.05, 0.1) is 6.61 Å². The fourth-order valence-corrected chi connectivity index (χ4v) is 3.29. The lowest BCUT2D eigenvalue weighted by Crippen LogP contribution is -2.42. The normalized spacial score (nSPS) is 26.1. The van der Waals surface area contributed by atoms with Crippen molar-refractivity contribution < 1.29 is 4.84 Å². The Kier molecular flexibility index (Phi) is 5.07. The first kappa shape index (κ1) is 12.3. The molecule has 1 heterocycles. The maximum Gasteiger partial charge on any atom is 0.0681 e. The monoisotopic (exact) mass is 226 g/mol. The van der Waals surface area contributed by atoms with Crippen LogP contribution in [0.3, 0.4) is 0 Å². The van der Waals surface area contributed by atoms with Gasteiger partial charge < -0.3 is 9.74 Å². The quantitative estimate of drug-likeness (QED) is 0.748. The summed E-state index contributed by atoms with van der Waals surface area (Å²) in [4.78, 5) is 7.41. The molecule has 0 spiro atoms. The fraction of sp³-hybridized carbons (Fsp3) is 1.00. The zero-order chi connectivity index (χ0) is 11.2. The highest BCUT2D eigenvalue weighted by atomic mass is 16.6. The van der Waals surface area contributed by atoms with Crippen LogP contribution in [0, 0.1) is 5.92 Å².